The van der Waals surface area contributed by atoms with Crippen LogP contribution in [0.3, 0.4) is 0 Å². The number of benzene rings is 1. The minimum atomic E-state index is -0.700. The van der Waals surface area contributed by atoms with Crippen molar-refractivity contribution in [2.45, 2.75) is 64.0 Å². The molecule has 1 unspecified atom stereocenters. The molecule has 2 aliphatic heterocycles. The molecule has 0 saturated carbocycles. The molecule has 0 aliphatic carbocycles. The Balaban J connectivity index is 1.82. The van der Waals surface area contributed by atoms with Gasteiger partial charge in [-0.15, -0.1) is 0 Å². The second-order valence-electron chi connectivity index (χ2n) is 6.66. The van der Waals surface area contributed by atoms with Gasteiger partial charge in [0.15, 0.2) is 5.60 Å². The maximum Gasteiger partial charge on any atom is 0.271 e. The summed E-state index contributed by atoms with van der Waals surface area (Å²) in [5.74, 6) is 0.962. The Kier molecular flexibility index (Phi) is 4.90. The number of para-hydroxylation sites is 2. The zero-order valence-corrected chi connectivity index (χ0v) is 14.3. The number of carbonyl (C=O) groups excluding carboxylic acids is 1. The van der Waals surface area contributed by atoms with Crippen LogP contribution in [0.4, 0.5) is 5.69 Å². The largest absolute Gasteiger partial charge is 0.475 e. The number of nitrogens with zero attached hydrogens (tertiary/aromatic N) is 1. The van der Waals surface area contributed by atoms with E-state index in [0.717, 1.165) is 30.9 Å². The van der Waals surface area contributed by atoms with E-state index in [9.17, 15) is 4.79 Å². The maximum absolute atomic E-state index is 13.1. The van der Waals surface area contributed by atoms with Gasteiger partial charge in [0, 0.05) is 12.6 Å². The van der Waals surface area contributed by atoms with Crippen molar-refractivity contribution in [2.75, 3.05) is 18.0 Å². The molecule has 1 N–H and O–H groups in total. The number of amides is 1. The Labute approximate surface area is 139 Å². The molecule has 0 spiro atoms. The van der Waals surface area contributed by atoms with Gasteiger partial charge in [0.25, 0.3) is 5.91 Å². The highest BCUT2D eigenvalue weighted by molar-refractivity contribution is 6.02. The third-order valence-corrected chi connectivity index (χ3v) is 5.35. The number of ether oxygens (including phenoxy) is 1. The van der Waals surface area contributed by atoms with Crippen molar-refractivity contribution in [3.8, 4) is 5.75 Å². The monoisotopic (exact) mass is 316 g/mol. The van der Waals surface area contributed by atoms with Gasteiger partial charge in [0.05, 0.1) is 5.69 Å². The van der Waals surface area contributed by atoms with Crippen LogP contribution >= 0.6 is 0 Å². The van der Waals surface area contributed by atoms with E-state index in [4.69, 9.17) is 4.74 Å². The summed E-state index contributed by atoms with van der Waals surface area (Å²) in [5, 5.41) is 3.58. The first-order valence-corrected chi connectivity index (χ1v) is 9.03. The summed E-state index contributed by atoms with van der Waals surface area (Å²) in [4.78, 5) is 15.1. The van der Waals surface area contributed by atoms with Crippen LogP contribution in [-0.2, 0) is 4.79 Å². The van der Waals surface area contributed by atoms with E-state index in [1.807, 2.05) is 43.0 Å². The van der Waals surface area contributed by atoms with Crippen LogP contribution in [0.2, 0.25) is 0 Å². The molecule has 1 atom stereocenters. The minimum Gasteiger partial charge on any atom is -0.475 e. The zero-order valence-electron chi connectivity index (χ0n) is 14.3. The lowest BCUT2D eigenvalue weighted by molar-refractivity contribution is -0.136. The molecule has 1 amide bonds. The van der Waals surface area contributed by atoms with Crippen LogP contribution in [-0.4, -0.2) is 30.6 Å². The Bertz CT molecular complexity index is 548. The fourth-order valence-corrected chi connectivity index (χ4v) is 3.75. The molecule has 2 heterocycles. The molecule has 0 aromatic heterocycles. The number of anilines is 1. The molecule has 4 heteroatoms. The highest BCUT2D eigenvalue weighted by atomic mass is 16.5. The molecular weight excluding hydrogens is 288 g/mol. The predicted molar refractivity (Wildman–Crippen MR) is 93.0 cm³/mol. The van der Waals surface area contributed by atoms with Crippen LogP contribution in [0.25, 0.3) is 0 Å². The highest BCUT2D eigenvalue weighted by Gasteiger charge is 2.45. The first-order chi connectivity index (χ1) is 11.2. The predicted octanol–water partition coefficient (Wildman–Crippen LogP) is 3.50. The molecule has 0 radical (unpaired) electrons. The number of hydrogen-bond donors (Lipinski definition) is 1. The molecule has 3 rings (SSSR count). The van der Waals surface area contributed by atoms with E-state index < -0.39 is 5.60 Å². The standard InChI is InChI=1S/C19H28N2O2/c1-3-19(4-2)18(22)21(14-12-15-9-7-8-13-20-15)16-10-5-6-11-17(16)23-19/h5-6,10-11,15,20H,3-4,7-9,12-14H2,1-2H3. The van der Waals surface area contributed by atoms with E-state index in [2.05, 4.69) is 5.32 Å². The van der Waals surface area contributed by atoms with Gasteiger partial charge in [0.1, 0.15) is 5.75 Å². The van der Waals surface area contributed by atoms with Crippen molar-refractivity contribution >= 4 is 11.6 Å². The van der Waals surface area contributed by atoms with Crippen molar-refractivity contribution in [2.24, 2.45) is 0 Å². The lowest BCUT2D eigenvalue weighted by Crippen LogP contribution is -2.56. The van der Waals surface area contributed by atoms with Gasteiger partial charge in [0.2, 0.25) is 0 Å². The van der Waals surface area contributed by atoms with Gasteiger partial charge >= 0.3 is 0 Å². The molecule has 1 aromatic rings. The van der Waals surface area contributed by atoms with Crippen molar-refractivity contribution < 1.29 is 9.53 Å². The normalized spacial score (nSPS) is 23.3. The lowest BCUT2D eigenvalue weighted by Gasteiger charge is -2.42. The van der Waals surface area contributed by atoms with Crippen LogP contribution in [0.15, 0.2) is 24.3 Å². The molecular formula is C19H28N2O2. The SMILES string of the molecule is CCC1(CC)Oc2ccccc2N(CCC2CCCCN2)C1=O. The number of rotatable bonds is 5. The van der Waals surface area contributed by atoms with E-state index >= 15 is 0 Å². The first-order valence-electron chi connectivity index (χ1n) is 9.03. The summed E-state index contributed by atoms with van der Waals surface area (Å²) in [7, 11) is 0. The fourth-order valence-electron chi connectivity index (χ4n) is 3.75. The molecule has 23 heavy (non-hydrogen) atoms. The van der Waals surface area contributed by atoms with Crippen molar-refractivity contribution in [3.63, 3.8) is 0 Å². The lowest BCUT2D eigenvalue weighted by atomic mass is 9.92. The topological polar surface area (TPSA) is 41.6 Å². The van der Waals surface area contributed by atoms with Gasteiger partial charge in [-0.2, -0.15) is 0 Å². The molecule has 1 fully saturated rings. The van der Waals surface area contributed by atoms with Gasteiger partial charge in [-0.05, 0) is 50.8 Å². The second kappa shape index (κ2) is 6.91. The highest BCUT2D eigenvalue weighted by Crippen LogP contribution is 2.40. The smallest absolute Gasteiger partial charge is 0.271 e. The summed E-state index contributed by atoms with van der Waals surface area (Å²) < 4.78 is 6.15. The Hall–Kier alpha value is -1.55. The molecule has 0 bridgehead atoms. The van der Waals surface area contributed by atoms with Crippen molar-refractivity contribution in [1.29, 1.82) is 0 Å². The van der Waals surface area contributed by atoms with Gasteiger partial charge in [-0.3, -0.25) is 4.79 Å². The van der Waals surface area contributed by atoms with Crippen LogP contribution in [0, 0.1) is 0 Å². The fraction of sp³-hybridized carbons (Fsp3) is 0.632. The second-order valence-corrected chi connectivity index (χ2v) is 6.66. The summed E-state index contributed by atoms with van der Waals surface area (Å²) >= 11 is 0. The number of carbonyl (C=O) groups is 1. The molecule has 126 valence electrons. The van der Waals surface area contributed by atoms with Crippen molar-refractivity contribution in [3.05, 3.63) is 24.3 Å². The number of piperidine rings is 1. The van der Waals surface area contributed by atoms with Crippen LogP contribution in [0.1, 0.15) is 52.4 Å². The summed E-state index contributed by atoms with van der Waals surface area (Å²) in [6, 6.07) is 8.46. The molecule has 1 aromatic carbocycles. The van der Waals surface area contributed by atoms with Crippen molar-refractivity contribution in [1.82, 2.24) is 5.32 Å². The van der Waals surface area contributed by atoms with Crippen LogP contribution in [0.5, 0.6) is 5.75 Å². The van der Waals surface area contributed by atoms with Gasteiger partial charge in [-0.1, -0.05) is 32.4 Å². The Morgan fingerprint density at radius 3 is 2.74 bits per heavy atom. The maximum atomic E-state index is 13.1. The van der Waals surface area contributed by atoms with Gasteiger partial charge in [-0.25, -0.2) is 0 Å². The summed E-state index contributed by atoms with van der Waals surface area (Å²) in [5.41, 5.74) is 0.222. The number of hydrogen-bond acceptors (Lipinski definition) is 3. The summed E-state index contributed by atoms with van der Waals surface area (Å²) in [6.45, 7) is 5.94. The van der Waals surface area contributed by atoms with E-state index in [1.54, 1.807) is 0 Å². The molecule has 2 aliphatic rings. The third-order valence-electron chi connectivity index (χ3n) is 5.35. The number of nitrogens with one attached hydrogen (secondary N) is 1. The average molecular weight is 316 g/mol. The van der Waals surface area contributed by atoms with E-state index in [0.29, 0.717) is 18.9 Å². The molecule has 4 nitrogen and oxygen atoms in total. The summed E-state index contributed by atoms with van der Waals surface area (Å²) in [6.07, 6.45) is 6.18. The first kappa shape index (κ1) is 16.3. The quantitative estimate of drug-likeness (QED) is 0.904. The third kappa shape index (κ3) is 3.09. The Morgan fingerprint density at radius 1 is 1.26 bits per heavy atom. The molecule has 1 saturated heterocycles. The van der Waals surface area contributed by atoms with E-state index in [-0.39, 0.29) is 5.91 Å². The Morgan fingerprint density at radius 2 is 2.04 bits per heavy atom. The van der Waals surface area contributed by atoms with Gasteiger partial charge < -0.3 is 15.0 Å². The average Bonchev–Trinajstić information content (AvgIpc) is 2.61. The zero-order chi connectivity index (χ0) is 16.3. The number of fused-ring (bicyclic) bond motifs is 1. The minimum absolute atomic E-state index is 0.122. The van der Waals surface area contributed by atoms with Crippen LogP contribution < -0.4 is 15.0 Å². The van der Waals surface area contributed by atoms with E-state index in [1.165, 1.54) is 19.3 Å².